The van der Waals surface area contributed by atoms with Gasteiger partial charge in [-0.2, -0.15) is 0 Å². The summed E-state index contributed by atoms with van der Waals surface area (Å²) < 4.78 is 5.47. The van der Waals surface area contributed by atoms with Gasteiger partial charge in [0.15, 0.2) is 0 Å². The van der Waals surface area contributed by atoms with Crippen molar-refractivity contribution in [3.05, 3.63) is 34.9 Å². The zero-order chi connectivity index (χ0) is 18.6. The van der Waals surface area contributed by atoms with Crippen LogP contribution in [0.1, 0.15) is 56.7 Å². The first-order valence-corrected chi connectivity index (χ1v) is 9.01. The number of amides is 2. The van der Waals surface area contributed by atoms with Gasteiger partial charge in [0.1, 0.15) is 11.6 Å². The Labute approximate surface area is 150 Å². The molecule has 5 heteroatoms. The molecule has 1 aliphatic rings. The Balaban J connectivity index is 2.04. The summed E-state index contributed by atoms with van der Waals surface area (Å²) in [7, 11) is 0. The van der Waals surface area contributed by atoms with Crippen LogP contribution >= 0.6 is 0 Å². The number of piperidine rings is 1. The molecule has 1 atom stereocenters. The second-order valence-electron chi connectivity index (χ2n) is 7.77. The molecule has 0 aliphatic carbocycles. The quantitative estimate of drug-likeness (QED) is 0.908. The summed E-state index contributed by atoms with van der Waals surface area (Å²) in [5.74, 6) is -0.104. The van der Waals surface area contributed by atoms with Gasteiger partial charge in [0.2, 0.25) is 5.91 Å². The van der Waals surface area contributed by atoms with E-state index in [9.17, 15) is 9.59 Å². The maximum absolute atomic E-state index is 12.7. The summed E-state index contributed by atoms with van der Waals surface area (Å²) in [4.78, 5) is 26.7. The Morgan fingerprint density at radius 3 is 2.44 bits per heavy atom. The number of carbonyl (C=O) groups is 2. The van der Waals surface area contributed by atoms with Gasteiger partial charge in [0, 0.05) is 13.1 Å². The lowest BCUT2D eigenvalue weighted by Gasteiger charge is -2.35. The predicted molar refractivity (Wildman–Crippen MR) is 98.3 cm³/mol. The second-order valence-corrected chi connectivity index (χ2v) is 7.77. The Kier molecular flexibility index (Phi) is 6.09. The molecule has 1 aromatic carbocycles. The van der Waals surface area contributed by atoms with Gasteiger partial charge in [-0.15, -0.1) is 0 Å². The molecule has 0 unspecified atom stereocenters. The fraction of sp³-hybridized carbons (Fsp3) is 0.600. The molecular weight excluding hydrogens is 316 g/mol. The maximum atomic E-state index is 12.7. The number of nitrogens with zero attached hydrogens (tertiary/aromatic N) is 1. The van der Waals surface area contributed by atoms with Crippen LogP contribution < -0.4 is 5.32 Å². The van der Waals surface area contributed by atoms with E-state index in [-0.39, 0.29) is 5.91 Å². The lowest BCUT2D eigenvalue weighted by atomic mass is 10.0. The predicted octanol–water partition coefficient (Wildman–Crippen LogP) is 3.71. The van der Waals surface area contributed by atoms with Crippen molar-refractivity contribution < 1.29 is 14.3 Å². The van der Waals surface area contributed by atoms with E-state index in [2.05, 4.69) is 5.32 Å². The lowest BCUT2D eigenvalue weighted by molar-refractivity contribution is -0.127. The number of likely N-dealkylation sites (tertiary alicyclic amines) is 1. The van der Waals surface area contributed by atoms with Crippen molar-refractivity contribution in [2.75, 3.05) is 6.54 Å². The van der Waals surface area contributed by atoms with E-state index in [0.29, 0.717) is 19.5 Å². The van der Waals surface area contributed by atoms with Gasteiger partial charge in [-0.1, -0.05) is 18.2 Å². The molecule has 1 fully saturated rings. The first kappa shape index (κ1) is 19.3. The van der Waals surface area contributed by atoms with Crippen LogP contribution in [0.2, 0.25) is 0 Å². The van der Waals surface area contributed by atoms with Crippen molar-refractivity contribution in [1.29, 1.82) is 0 Å². The minimum Gasteiger partial charge on any atom is -0.444 e. The molecule has 1 heterocycles. The highest BCUT2D eigenvalue weighted by Gasteiger charge is 2.34. The molecule has 1 aliphatic heterocycles. The van der Waals surface area contributed by atoms with E-state index in [4.69, 9.17) is 4.74 Å². The molecule has 138 valence electrons. The van der Waals surface area contributed by atoms with Gasteiger partial charge in [-0.3, -0.25) is 9.69 Å². The fourth-order valence-electron chi connectivity index (χ4n) is 3.16. The molecule has 0 spiro atoms. The fourth-order valence-corrected chi connectivity index (χ4v) is 3.16. The number of nitrogens with one attached hydrogen (secondary N) is 1. The van der Waals surface area contributed by atoms with Gasteiger partial charge < -0.3 is 10.1 Å². The van der Waals surface area contributed by atoms with Gasteiger partial charge >= 0.3 is 6.09 Å². The van der Waals surface area contributed by atoms with E-state index >= 15 is 0 Å². The number of hydrogen-bond acceptors (Lipinski definition) is 3. The third kappa shape index (κ3) is 5.21. The Morgan fingerprint density at radius 1 is 1.20 bits per heavy atom. The van der Waals surface area contributed by atoms with Gasteiger partial charge in [0.25, 0.3) is 0 Å². The number of rotatable bonds is 3. The Morgan fingerprint density at radius 2 is 1.84 bits per heavy atom. The SMILES string of the molecule is Cc1cccc(C)c1CNC(=O)[C@@H]1CCCCN1C(=O)OC(C)(C)C. The van der Waals surface area contributed by atoms with Gasteiger partial charge in [-0.05, 0) is 70.6 Å². The van der Waals surface area contributed by atoms with Crippen molar-refractivity contribution in [3.63, 3.8) is 0 Å². The zero-order valence-electron chi connectivity index (χ0n) is 16.0. The van der Waals surface area contributed by atoms with E-state index in [1.807, 2.05) is 52.8 Å². The summed E-state index contributed by atoms with van der Waals surface area (Å²) in [5.41, 5.74) is 2.89. The molecular formula is C20H30N2O3. The van der Waals surface area contributed by atoms with Gasteiger partial charge in [-0.25, -0.2) is 4.79 Å². The average molecular weight is 346 g/mol. The summed E-state index contributed by atoms with van der Waals surface area (Å²) in [5, 5.41) is 3.01. The summed E-state index contributed by atoms with van der Waals surface area (Å²) >= 11 is 0. The number of carbonyl (C=O) groups excluding carboxylic acids is 2. The lowest BCUT2D eigenvalue weighted by Crippen LogP contribution is -2.53. The molecule has 1 aromatic rings. The number of aryl methyl sites for hydroxylation is 2. The standard InChI is InChI=1S/C20H30N2O3/c1-14-9-8-10-15(2)16(14)13-21-18(23)17-11-6-7-12-22(17)19(24)25-20(3,4)5/h8-10,17H,6-7,11-13H2,1-5H3,(H,21,23)/t17-/m0/s1. The molecule has 0 bridgehead atoms. The van der Waals surface area contributed by atoms with E-state index in [1.165, 1.54) is 0 Å². The highest BCUT2D eigenvalue weighted by molar-refractivity contribution is 5.86. The number of benzene rings is 1. The maximum Gasteiger partial charge on any atom is 0.410 e. The Bertz CT molecular complexity index is 614. The second kappa shape index (κ2) is 7.89. The topological polar surface area (TPSA) is 58.6 Å². The summed E-state index contributed by atoms with van der Waals surface area (Å²) in [6.07, 6.45) is 2.12. The minimum absolute atomic E-state index is 0.104. The molecule has 1 N–H and O–H groups in total. The van der Waals surface area contributed by atoms with Crippen LogP contribution in [-0.4, -0.2) is 35.1 Å². The van der Waals surface area contributed by atoms with Crippen molar-refractivity contribution >= 4 is 12.0 Å². The van der Waals surface area contributed by atoms with Crippen LogP contribution in [0.3, 0.4) is 0 Å². The normalized spacial score (nSPS) is 18.0. The molecule has 2 rings (SSSR count). The third-order valence-corrected chi connectivity index (χ3v) is 4.52. The summed E-state index contributed by atoms with van der Waals surface area (Å²) in [6, 6.07) is 5.65. The monoisotopic (exact) mass is 346 g/mol. The molecule has 0 aromatic heterocycles. The van der Waals surface area contributed by atoms with Crippen LogP contribution in [0.25, 0.3) is 0 Å². The van der Waals surface area contributed by atoms with Crippen LogP contribution in [0.5, 0.6) is 0 Å². The minimum atomic E-state index is -0.562. The van der Waals surface area contributed by atoms with E-state index in [0.717, 1.165) is 29.5 Å². The summed E-state index contributed by atoms with van der Waals surface area (Å²) in [6.45, 7) is 10.7. The van der Waals surface area contributed by atoms with Crippen molar-refractivity contribution in [2.24, 2.45) is 0 Å². The highest BCUT2D eigenvalue weighted by atomic mass is 16.6. The van der Waals surface area contributed by atoms with Crippen LogP contribution in [0.4, 0.5) is 4.79 Å². The zero-order valence-corrected chi connectivity index (χ0v) is 16.0. The smallest absolute Gasteiger partial charge is 0.410 e. The van der Waals surface area contributed by atoms with Crippen LogP contribution in [0.15, 0.2) is 18.2 Å². The molecule has 25 heavy (non-hydrogen) atoms. The van der Waals surface area contributed by atoms with Crippen molar-refractivity contribution in [3.8, 4) is 0 Å². The third-order valence-electron chi connectivity index (χ3n) is 4.52. The largest absolute Gasteiger partial charge is 0.444 e. The number of ether oxygens (including phenoxy) is 1. The molecule has 5 nitrogen and oxygen atoms in total. The van der Waals surface area contributed by atoms with Crippen molar-refractivity contribution in [2.45, 2.75) is 72.1 Å². The van der Waals surface area contributed by atoms with E-state index in [1.54, 1.807) is 4.90 Å². The van der Waals surface area contributed by atoms with Crippen LogP contribution in [0, 0.1) is 13.8 Å². The molecule has 1 saturated heterocycles. The number of hydrogen-bond donors (Lipinski definition) is 1. The van der Waals surface area contributed by atoms with Gasteiger partial charge in [0.05, 0.1) is 0 Å². The molecule has 0 saturated carbocycles. The molecule has 0 radical (unpaired) electrons. The van der Waals surface area contributed by atoms with E-state index < -0.39 is 17.7 Å². The Hall–Kier alpha value is -2.04. The van der Waals surface area contributed by atoms with Crippen molar-refractivity contribution in [1.82, 2.24) is 10.2 Å². The molecule has 2 amide bonds. The first-order chi connectivity index (χ1) is 11.7. The van der Waals surface area contributed by atoms with Crippen LogP contribution in [-0.2, 0) is 16.1 Å². The average Bonchev–Trinajstić information content (AvgIpc) is 2.52. The first-order valence-electron chi connectivity index (χ1n) is 9.01. The highest BCUT2D eigenvalue weighted by Crippen LogP contribution is 2.21.